The Bertz CT molecular complexity index is 2270. The minimum absolute atomic E-state index is 0.377. The lowest BCUT2D eigenvalue weighted by Gasteiger charge is -2.11. The molecule has 0 fully saturated rings. The molecule has 0 aliphatic heterocycles. The summed E-state index contributed by atoms with van der Waals surface area (Å²) >= 11 is 0. The van der Waals surface area contributed by atoms with Gasteiger partial charge < -0.3 is 9.73 Å². The molecule has 0 saturated carbocycles. The number of para-hydroxylation sites is 1. The number of anilines is 2. The van der Waals surface area contributed by atoms with Gasteiger partial charge >= 0.3 is 0 Å². The lowest BCUT2D eigenvalue weighted by atomic mass is 9.98. The molecule has 2 nitrogen and oxygen atoms in total. The summed E-state index contributed by atoms with van der Waals surface area (Å²) in [7, 11) is 0. The van der Waals surface area contributed by atoms with Crippen LogP contribution in [-0.4, -0.2) is 0 Å². The smallest absolute Gasteiger partial charge is 0.159 e. The second-order valence-corrected chi connectivity index (χ2v) is 11.3. The first-order chi connectivity index (χ1) is 20.1. The fraction of sp³-hybridized carbons (Fsp3) is 0.0769. The molecule has 0 atom stereocenters. The first-order valence-corrected chi connectivity index (χ1v) is 14.3. The molecule has 0 aliphatic rings. The van der Waals surface area contributed by atoms with Crippen molar-refractivity contribution in [3.8, 4) is 11.1 Å². The molecular formula is C39H29NO. The van der Waals surface area contributed by atoms with Crippen molar-refractivity contribution in [3.63, 3.8) is 0 Å². The summed E-state index contributed by atoms with van der Waals surface area (Å²) in [6.07, 6.45) is 0. The van der Waals surface area contributed by atoms with E-state index < -0.39 is 0 Å². The Morgan fingerprint density at radius 1 is 0.512 bits per heavy atom. The van der Waals surface area contributed by atoms with Crippen LogP contribution in [0.3, 0.4) is 0 Å². The van der Waals surface area contributed by atoms with Gasteiger partial charge in [0.2, 0.25) is 0 Å². The maximum Gasteiger partial charge on any atom is 0.159 e. The molecule has 2 heteroatoms. The molecule has 196 valence electrons. The first kappa shape index (κ1) is 23.8. The Hall–Kier alpha value is -5.08. The highest BCUT2D eigenvalue weighted by Crippen LogP contribution is 2.42. The van der Waals surface area contributed by atoms with Crippen LogP contribution in [0.4, 0.5) is 11.4 Å². The van der Waals surface area contributed by atoms with Crippen LogP contribution in [0.5, 0.6) is 0 Å². The fourth-order valence-electron chi connectivity index (χ4n) is 6.24. The summed E-state index contributed by atoms with van der Waals surface area (Å²) in [4.78, 5) is 0. The van der Waals surface area contributed by atoms with Crippen LogP contribution in [0.15, 0.2) is 132 Å². The van der Waals surface area contributed by atoms with Gasteiger partial charge in [0, 0.05) is 16.5 Å². The summed E-state index contributed by atoms with van der Waals surface area (Å²) in [5.74, 6) is 0.377. The maximum atomic E-state index is 6.68. The molecule has 7 aromatic carbocycles. The topological polar surface area (TPSA) is 25.2 Å². The minimum atomic E-state index is 0.377. The van der Waals surface area contributed by atoms with Crippen LogP contribution in [-0.2, 0) is 0 Å². The molecule has 0 amide bonds. The van der Waals surface area contributed by atoms with E-state index in [1.54, 1.807) is 0 Å². The van der Waals surface area contributed by atoms with Crippen molar-refractivity contribution in [2.45, 2.75) is 19.8 Å². The third-order valence-electron chi connectivity index (χ3n) is 8.34. The van der Waals surface area contributed by atoms with Crippen molar-refractivity contribution in [1.29, 1.82) is 0 Å². The zero-order valence-electron chi connectivity index (χ0n) is 23.1. The van der Waals surface area contributed by atoms with E-state index in [-0.39, 0.29) is 0 Å². The molecule has 41 heavy (non-hydrogen) atoms. The second kappa shape index (κ2) is 9.25. The van der Waals surface area contributed by atoms with Gasteiger partial charge in [-0.25, -0.2) is 0 Å². The van der Waals surface area contributed by atoms with E-state index >= 15 is 0 Å². The zero-order chi connectivity index (χ0) is 27.5. The number of benzene rings is 7. The monoisotopic (exact) mass is 527 g/mol. The van der Waals surface area contributed by atoms with E-state index in [4.69, 9.17) is 4.42 Å². The van der Waals surface area contributed by atoms with Crippen molar-refractivity contribution < 1.29 is 4.42 Å². The predicted octanol–water partition coefficient (Wildman–Crippen LogP) is 11.6. The van der Waals surface area contributed by atoms with E-state index in [2.05, 4.69) is 147 Å². The standard InChI is InChI=1S/C39H29NO/c1-24(2)33-12-7-13-35-37-34-11-6-5-10-31(34)23-36(39(37)41-38(33)35)40-32-19-18-29-21-28(16-17-30(29)22-32)27-15-14-25-8-3-4-9-26(25)20-27/h3-24,40H,1-2H3. The molecule has 1 heterocycles. The van der Waals surface area contributed by atoms with Gasteiger partial charge in [0.15, 0.2) is 5.58 Å². The van der Waals surface area contributed by atoms with Gasteiger partial charge in [-0.05, 0) is 85.3 Å². The number of rotatable bonds is 4. The van der Waals surface area contributed by atoms with E-state index in [1.807, 2.05) is 0 Å². The molecule has 0 radical (unpaired) electrons. The van der Waals surface area contributed by atoms with E-state index in [0.29, 0.717) is 5.92 Å². The summed E-state index contributed by atoms with van der Waals surface area (Å²) in [6, 6.07) is 45.8. The lowest BCUT2D eigenvalue weighted by molar-refractivity contribution is 0.658. The molecule has 1 aromatic heterocycles. The second-order valence-electron chi connectivity index (χ2n) is 11.3. The number of furan rings is 1. The largest absolute Gasteiger partial charge is 0.454 e. The number of hydrogen-bond donors (Lipinski definition) is 1. The van der Waals surface area contributed by atoms with E-state index in [9.17, 15) is 0 Å². The summed E-state index contributed by atoms with van der Waals surface area (Å²) in [5.41, 5.74) is 7.60. The molecule has 0 spiro atoms. The van der Waals surface area contributed by atoms with Gasteiger partial charge in [-0.2, -0.15) is 0 Å². The molecule has 0 bridgehead atoms. The van der Waals surface area contributed by atoms with Crippen molar-refractivity contribution in [2.75, 3.05) is 5.32 Å². The number of nitrogens with one attached hydrogen (secondary N) is 1. The van der Waals surface area contributed by atoms with Crippen LogP contribution in [0.25, 0.3) is 65.4 Å². The molecule has 0 aliphatic carbocycles. The van der Waals surface area contributed by atoms with Gasteiger partial charge in [-0.3, -0.25) is 0 Å². The average Bonchev–Trinajstić information content (AvgIpc) is 3.41. The van der Waals surface area contributed by atoms with Crippen LogP contribution in [0, 0.1) is 0 Å². The van der Waals surface area contributed by atoms with Gasteiger partial charge in [-0.1, -0.05) is 111 Å². The lowest BCUT2D eigenvalue weighted by Crippen LogP contribution is -1.92. The highest BCUT2D eigenvalue weighted by Gasteiger charge is 2.18. The molecular weight excluding hydrogens is 498 g/mol. The first-order valence-electron chi connectivity index (χ1n) is 14.3. The Morgan fingerprint density at radius 3 is 1.95 bits per heavy atom. The van der Waals surface area contributed by atoms with Crippen molar-refractivity contribution in [3.05, 3.63) is 133 Å². The molecule has 1 N–H and O–H groups in total. The van der Waals surface area contributed by atoms with E-state index in [0.717, 1.165) is 22.5 Å². The van der Waals surface area contributed by atoms with Crippen molar-refractivity contribution in [2.24, 2.45) is 0 Å². The quantitative estimate of drug-likeness (QED) is 0.246. The third kappa shape index (κ3) is 3.95. The van der Waals surface area contributed by atoms with Crippen LogP contribution in [0.2, 0.25) is 0 Å². The van der Waals surface area contributed by atoms with Gasteiger partial charge in [0.05, 0.1) is 5.69 Å². The Balaban J connectivity index is 1.22. The van der Waals surface area contributed by atoms with Crippen molar-refractivity contribution in [1.82, 2.24) is 0 Å². The SMILES string of the molecule is CC(C)c1cccc2c1oc1c(Nc3ccc4cc(-c5ccc6ccccc6c5)ccc4c3)cc3ccccc3c12. The number of fused-ring (bicyclic) bond motifs is 7. The Labute approximate surface area is 238 Å². The molecule has 8 rings (SSSR count). The normalized spacial score (nSPS) is 11.9. The van der Waals surface area contributed by atoms with Crippen LogP contribution >= 0.6 is 0 Å². The average molecular weight is 528 g/mol. The molecule has 0 unspecified atom stereocenters. The molecule has 0 saturated heterocycles. The van der Waals surface area contributed by atoms with Crippen molar-refractivity contribution >= 4 is 65.6 Å². The van der Waals surface area contributed by atoms with Crippen LogP contribution < -0.4 is 5.32 Å². The summed E-state index contributed by atoms with van der Waals surface area (Å²) in [5, 5.41) is 13.4. The van der Waals surface area contributed by atoms with Crippen LogP contribution in [0.1, 0.15) is 25.3 Å². The van der Waals surface area contributed by atoms with Gasteiger partial charge in [-0.15, -0.1) is 0 Å². The summed E-state index contributed by atoms with van der Waals surface area (Å²) < 4.78 is 6.68. The maximum absolute atomic E-state index is 6.68. The zero-order valence-corrected chi connectivity index (χ0v) is 23.1. The van der Waals surface area contributed by atoms with Gasteiger partial charge in [0.25, 0.3) is 0 Å². The van der Waals surface area contributed by atoms with E-state index in [1.165, 1.54) is 59.8 Å². The highest BCUT2D eigenvalue weighted by molar-refractivity contribution is 6.22. The third-order valence-corrected chi connectivity index (χ3v) is 8.34. The predicted molar refractivity (Wildman–Crippen MR) is 175 cm³/mol. The Morgan fingerprint density at radius 2 is 1.15 bits per heavy atom. The molecule has 8 aromatic rings. The Kier molecular flexibility index (Phi) is 5.36. The highest BCUT2D eigenvalue weighted by atomic mass is 16.3. The minimum Gasteiger partial charge on any atom is -0.454 e. The fourth-order valence-corrected chi connectivity index (χ4v) is 6.24. The van der Waals surface area contributed by atoms with Gasteiger partial charge in [0.1, 0.15) is 5.58 Å². The summed E-state index contributed by atoms with van der Waals surface area (Å²) in [6.45, 7) is 4.44. The number of hydrogen-bond acceptors (Lipinski definition) is 2.